The number of hydrogen-bond donors (Lipinski definition) is 1. The van der Waals surface area contributed by atoms with Crippen LogP contribution in [0.25, 0.3) is 0 Å². The summed E-state index contributed by atoms with van der Waals surface area (Å²) in [5, 5.41) is 14.3. The van der Waals surface area contributed by atoms with Gasteiger partial charge in [0.1, 0.15) is 6.61 Å². The van der Waals surface area contributed by atoms with Crippen LogP contribution >= 0.6 is 15.9 Å². The highest BCUT2D eigenvalue weighted by molar-refractivity contribution is 9.10. The molecule has 0 saturated heterocycles. The summed E-state index contributed by atoms with van der Waals surface area (Å²) in [4.78, 5) is 10.4. The highest BCUT2D eigenvalue weighted by atomic mass is 79.9. The first kappa shape index (κ1) is 25.1. The predicted octanol–water partition coefficient (Wildman–Crippen LogP) is 6.79. The molecule has 7 heteroatoms. The molecule has 0 spiro atoms. The summed E-state index contributed by atoms with van der Waals surface area (Å²) in [5.74, 6) is 1.34. The van der Waals surface area contributed by atoms with Crippen LogP contribution in [0.5, 0.6) is 11.5 Å². The van der Waals surface area contributed by atoms with E-state index in [-0.39, 0.29) is 5.69 Å². The number of benzene rings is 2. The van der Waals surface area contributed by atoms with Crippen LogP contribution in [0.15, 0.2) is 40.9 Å². The molecule has 0 atom stereocenters. The fourth-order valence-corrected chi connectivity index (χ4v) is 3.68. The van der Waals surface area contributed by atoms with Gasteiger partial charge in [0.25, 0.3) is 5.69 Å². The van der Waals surface area contributed by atoms with Crippen molar-refractivity contribution in [1.82, 2.24) is 5.32 Å². The highest BCUT2D eigenvalue weighted by Gasteiger charge is 2.12. The Bertz CT molecular complexity index is 812. The van der Waals surface area contributed by atoms with Gasteiger partial charge in [-0.15, -0.1) is 0 Å². The molecule has 0 unspecified atom stereocenters. The van der Waals surface area contributed by atoms with Crippen LogP contribution in [0.1, 0.15) is 63.5 Å². The van der Waals surface area contributed by atoms with E-state index in [0.29, 0.717) is 24.7 Å². The molecule has 2 aromatic carbocycles. The highest BCUT2D eigenvalue weighted by Crippen LogP contribution is 2.34. The summed E-state index contributed by atoms with van der Waals surface area (Å²) in [6.45, 7) is 6.79. The van der Waals surface area contributed by atoms with Gasteiger partial charge in [-0.3, -0.25) is 10.1 Å². The van der Waals surface area contributed by atoms with Gasteiger partial charge in [0, 0.05) is 23.2 Å². The lowest BCUT2D eigenvalue weighted by Gasteiger charge is -2.15. The maximum Gasteiger partial charge on any atom is 0.269 e. The number of nitro groups is 1. The van der Waals surface area contributed by atoms with Crippen LogP contribution in [0.3, 0.4) is 0 Å². The lowest BCUT2D eigenvalue weighted by atomic mass is 10.1. The summed E-state index contributed by atoms with van der Waals surface area (Å²) in [5.41, 5.74) is 2.05. The fourth-order valence-electron chi connectivity index (χ4n) is 3.22. The molecular formula is C24H33BrN2O4. The van der Waals surface area contributed by atoms with Gasteiger partial charge in [0.05, 0.1) is 11.5 Å². The molecule has 0 bridgehead atoms. The second-order valence-corrected chi connectivity index (χ2v) is 8.33. The Morgan fingerprint density at radius 1 is 0.968 bits per heavy atom. The fraction of sp³-hybridized carbons (Fsp3) is 0.500. The number of nitro benzene ring substituents is 1. The number of halogens is 1. The topological polar surface area (TPSA) is 73.6 Å². The van der Waals surface area contributed by atoms with Gasteiger partial charge >= 0.3 is 0 Å². The largest absolute Gasteiger partial charge is 0.490 e. The van der Waals surface area contributed by atoms with Crippen molar-refractivity contribution in [2.24, 2.45) is 0 Å². The summed E-state index contributed by atoms with van der Waals surface area (Å²) >= 11 is 3.64. The SMILES string of the molecule is CCCCCCCCNCc1cc(OCC)c(OCc2ccc([N+](=O)[O-])cc2)cc1Br. The molecule has 2 aromatic rings. The molecule has 1 N–H and O–H groups in total. The minimum absolute atomic E-state index is 0.0688. The quantitative estimate of drug-likeness (QED) is 0.168. The summed E-state index contributed by atoms with van der Waals surface area (Å²) in [6, 6.07) is 10.3. The van der Waals surface area contributed by atoms with Gasteiger partial charge in [-0.05, 0) is 55.3 Å². The number of unbranched alkanes of at least 4 members (excludes halogenated alkanes) is 5. The van der Waals surface area contributed by atoms with E-state index in [2.05, 4.69) is 28.2 Å². The average molecular weight is 493 g/mol. The van der Waals surface area contributed by atoms with E-state index in [1.807, 2.05) is 19.1 Å². The first-order chi connectivity index (χ1) is 15.0. The molecule has 6 nitrogen and oxygen atoms in total. The molecule has 0 aliphatic heterocycles. The summed E-state index contributed by atoms with van der Waals surface area (Å²) < 4.78 is 12.7. The molecule has 2 rings (SSSR count). The lowest BCUT2D eigenvalue weighted by molar-refractivity contribution is -0.384. The van der Waals surface area contributed by atoms with Crippen LogP contribution < -0.4 is 14.8 Å². The maximum atomic E-state index is 10.8. The molecule has 0 amide bonds. The van der Waals surface area contributed by atoms with Gasteiger partial charge in [-0.1, -0.05) is 55.0 Å². The van der Waals surface area contributed by atoms with Crippen molar-refractivity contribution in [3.05, 3.63) is 62.1 Å². The first-order valence-corrected chi connectivity index (χ1v) is 11.9. The van der Waals surface area contributed by atoms with E-state index in [4.69, 9.17) is 9.47 Å². The van der Waals surface area contributed by atoms with E-state index in [9.17, 15) is 10.1 Å². The standard InChI is InChI=1S/C24H33BrN2O4/c1-3-5-6-7-8-9-14-26-17-20-15-23(30-4-2)24(16-22(20)25)31-18-19-10-12-21(13-11-19)27(28)29/h10-13,15-16,26H,3-9,14,17-18H2,1-2H3. The van der Waals surface area contributed by atoms with Crippen molar-refractivity contribution in [2.45, 2.75) is 65.5 Å². The van der Waals surface area contributed by atoms with Crippen molar-refractivity contribution < 1.29 is 14.4 Å². The van der Waals surface area contributed by atoms with E-state index in [1.54, 1.807) is 12.1 Å². The molecular weight excluding hydrogens is 460 g/mol. The third-order valence-electron chi connectivity index (χ3n) is 4.98. The van der Waals surface area contributed by atoms with Gasteiger partial charge in [-0.25, -0.2) is 0 Å². The van der Waals surface area contributed by atoms with Gasteiger partial charge in [0.2, 0.25) is 0 Å². The number of non-ortho nitro benzene ring substituents is 1. The second kappa shape index (κ2) is 14.0. The zero-order valence-electron chi connectivity index (χ0n) is 18.5. The van der Waals surface area contributed by atoms with Gasteiger partial charge in [-0.2, -0.15) is 0 Å². The molecule has 0 aliphatic carbocycles. The Kier molecular flexibility index (Phi) is 11.4. The zero-order valence-corrected chi connectivity index (χ0v) is 20.1. The van der Waals surface area contributed by atoms with Crippen LogP contribution in [0.4, 0.5) is 5.69 Å². The van der Waals surface area contributed by atoms with Crippen LogP contribution in [0.2, 0.25) is 0 Å². The Morgan fingerprint density at radius 3 is 2.32 bits per heavy atom. The minimum atomic E-state index is -0.409. The smallest absolute Gasteiger partial charge is 0.269 e. The molecule has 0 heterocycles. The predicted molar refractivity (Wildman–Crippen MR) is 128 cm³/mol. The van der Waals surface area contributed by atoms with Crippen LogP contribution in [-0.4, -0.2) is 18.1 Å². The first-order valence-electron chi connectivity index (χ1n) is 11.1. The number of rotatable bonds is 15. The molecule has 0 aliphatic rings. The monoisotopic (exact) mass is 492 g/mol. The molecule has 0 saturated carbocycles. The number of nitrogens with one attached hydrogen (secondary N) is 1. The average Bonchev–Trinajstić information content (AvgIpc) is 2.76. The zero-order chi connectivity index (χ0) is 22.5. The van der Waals surface area contributed by atoms with Crippen LogP contribution in [-0.2, 0) is 13.2 Å². The Hall–Kier alpha value is -2.12. The van der Waals surface area contributed by atoms with Crippen LogP contribution in [0, 0.1) is 10.1 Å². The third kappa shape index (κ3) is 8.87. The Labute approximate surface area is 193 Å². The lowest BCUT2D eigenvalue weighted by Crippen LogP contribution is -2.15. The van der Waals surface area contributed by atoms with Crippen molar-refractivity contribution in [3.63, 3.8) is 0 Å². The normalized spacial score (nSPS) is 10.8. The van der Waals surface area contributed by atoms with Gasteiger partial charge < -0.3 is 14.8 Å². The third-order valence-corrected chi connectivity index (χ3v) is 5.71. The molecule has 170 valence electrons. The molecule has 31 heavy (non-hydrogen) atoms. The maximum absolute atomic E-state index is 10.8. The van der Waals surface area contributed by atoms with Crippen molar-refractivity contribution >= 4 is 21.6 Å². The van der Waals surface area contributed by atoms with E-state index < -0.39 is 4.92 Å². The number of ether oxygens (including phenoxy) is 2. The number of nitrogens with zero attached hydrogens (tertiary/aromatic N) is 1. The Morgan fingerprint density at radius 2 is 1.65 bits per heavy atom. The van der Waals surface area contributed by atoms with Crippen molar-refractivity contribution in [1.29, 1.82) is 0 Å². The number of hydrogen-bond acceptors (Lipinski definition) is 5. The van der Waals surface area contributed by atoms with E-state index in [0.717, 1.165) is 28.7 Å². The molecule has 0 radical (unpaired) electrons. The van der Waals surface area contributed by atoms with Crippen molar-refractivity contribution in [2.75, 3.05) is 13.2 Å². The van der Waals surface area contributed by atoms with Gasteiger partial charge in [0.15, 0.2) is 11.5 Å². The second-order valence-electron chi connectivity index (χ2n) is 7.48. The molecule has 0 aromatic heterocycles. The summed E-state index contributed by atoms with van der Waals surface area (Å²) in [6.07, 6.45) is 7.72. The molecule has 0 fully saturated rings. The summed E-state index contributed by atoms with van der Waals surface area (Å²) in [7, 11) is 0. The Balaban J connectivity index is 1.90. The van der Waals surface area contributed by atoms with E-state index in [1.165, 1.54) is 50.7 Å². The van der Waals surface area contributed by atoms with E-state index >= 15 is 0 Å². The van der Waals surface area contributed by atoms with Crippen molar-refractivity contribution in [3.8, 4) is 11.5 Å². The minimum Gasteiger partial charge on any atom is -0.490 e.